The Balaban J connectivity index is 1.49. The van der Waals surface area contributed by atoms with E-state index in [0.717, 1.165) is 60.0 Å². The fourth-order valence-electron chi connectivity index (χ4n) is 3.39. The van der Waals surface area contributed by atoms with E-state index in [1.807, 2.05) is 48.5 Å². The molecule has 7 heteroatoms. The fraction of sp³-hybridized carbons (Fsp3) is 0.458. The Morgan fingerprint density at radius 3 is 2.06 bits per heavy atom. The maximum atomic E-state index is 12.4. The van der Waals surface area contributed by atoms with E-state index in [0.29, 0.717) is 19.3 Å². The number of quaternary nitrogens is 1. The molecule has 0 bridgehead atoms. The van der Waals surface area contributed by atoms with Gasteiger partial charge in [-0.2, -0.15) is 10.2 Å². The van der Waals surface area contributed by atoms with Crippen LogP contribution in [0.3, 0.4) is 0 Å². The third-order valence-electron chi connectivity index (χ3n) is 5.87. The minimum Gasteiger partial charge on any atom is -0.493 e. The Labute approximate surface area is 184 Å². The molecule has 31 heavy (non-hydrogen) atoms. The van der Waals surface area contributed by atoms with Gasteiger partial charge < -0.3 is 19.3 Å². The van der Waals surface area contributed by atoms with E-state index in [1.54, 1.807) is 0 Å². The number of ether oxygens (including phenoxy) is 2. The first-order valence-electron chi connectivity index (χ1n) is 11.1. The van der Waals surface area contributed by atoms with Crippen LogP contribution in [0.4, 0.5) is 17.1 Å². The smallest absolute Gasteiger partial charge is 0.279 e. The lowest BCUT2D eigenvalue weighted by Crippen LogP contribution is -2.51. The molecule has 3 rings (SSSR count). The van der Waals surface area contributed by atoms with Crippen molar-refractivity contribution in [2.75, 3.05) is 44.7 Å². The predicted octanol–water partition coefficient (Wildman–Crippen LogP) is 5.08. The zero-order chi connectivity index (χ0) is 22.1. The minimum atomic E-state index is 0.0342. The molecule has 0 radical (unpaired) electrons. The molecular formula is C24H33N4O3+. The van der Waals surface area contributed by atoms with Gasteiger partial charge in [0, 0.05) is 12.1 Å². The van der Waals surface area contributed by atoms with Crippen LogP contribution >= 0.6 is 0 Å². The molecule has 0 aliphatic carbocycles. The Morgan fingerprint density at radius 2 is 1.55 bits per heavy atom. The molecule has 1 aliphatic rings. The van der Waals surface area contributed by atoms with Crippen LogP contribution in [-0.2, 0) is 9.53 Å². The van der Waals surface area contributed by atoms with E-state index in [-0.39, 0.29) is 5.91 Å². The number of nitrogens with zero attached hydrogens (tertiary/aromatic N) is 3. The van der Waals surface area contributed by atoms with Gasteiger partial charge >= 0.3 is 0 Å². The zero-order valence-corrected chi connectivity index (χ0v) is 18.7. The second-order valence-corrected chi connectivity index (χ2v) is 7.83. The van der Waals surface area contributed by atoms with Crippen molar-refractivity contribution >= 4 is 23.0 Å². The molecule has 0 aromatic heterocycles. The van der Waals surface area contributed by atoms with Crippen molar-refractivity contribution in [1.29, 1.82) is 0 Å². The maximum Gasteiger partial charge on any atom is 0.279 e. The van der Waals surface area contributed by atoms with Gasteiger partial charge in [-0.15, -0.1) is 0 Å². The van der Waals surface area contributed by atoms with Crippen molar-refractivity contribution in [3.63, 3.8) is 0 Å². The number of amides is 1. The Hall–Kier alpha value is -2.77. The zero-order valence-electron chi connectivity index (χ0n) is 18.7. The molecule has 2 aromatic carbocycles. The average Bonchev–Trinajstić information content (AvgIpc) is 3.62. The van der Waals surface area contributed by atoms with E-state index < -0.39 is 0 Å². The van der Waals surface area contributed by atoms with Crippen LogP contribution in [-0.4, -0.2) is 55.9 Å². The number of carbonyl (C=O) groups excluding carboxylic acids is 1. The molecule has 1 atom stereocenters. The maximum absolute atomic E-state index is 12.4. The van der Waals surface area contributed by atoms with E-state index in [9.17, 15) is 4.79 Å². The topological polar surface area (TPSA) is 75.6 Å². The number of anilines is 1. The fourth-order valence-corrected chi connectivity index (χ4v) is 3.39. The summed E-state index contributed by atoms with van der Waals surface area (Å²) in [4.78, 5) is 12.4. The van der Waals surface area contributed by atoms with Gasteiger partial charge in [0.25, 0.3) is 5.91 Å². The lowest BCUT2D eigenvalue weighted by atomic mass is 10.2. The highest BCUT2D eigenvalue weighted by Crippen LogP contribution is 2.23. The predicted molar refractivity (Wildman–Crippen MR) is 122 cm³/mol. The number of epoxide rings is 1. The molecule has 1 amide bonds. The first-order chi connectivity index (χ1) is 15.1. The summed E-state index contributed by atoms with van der Waals surface area (Å²) in [5.74, 6) is 0.850. The van der Waals surface area contributed by atoms with E-state index >= 15 is 0 Å². The molecule has 7 nitrogen and oxygen atoms in total. The van der Waals surface area contributed by atoms with Crippen LogP contribution < -0.4 is 10.1 Å². The van der Waals surface area contributed by atoms with Gasteiger partial charge in [-0.05, 0) is 69.3 Å². The van der Waals surface area contributed by atoms with Crippen molar-refractivity contribution in [2.45, 2.75) is 33.3 Å². The molecule has 2 aromatic rings. The number of likely N-dealkylation sites (N-methyl/N-ethyl adjacent to an activating group) is 1. The van der Waals surface area contributed by atoms with Crippen molar-refractivity contribution < 1.29 is 18.8 Å². The highest BCUT2D eigenvalue weighted by Gasteiger charge is 2.24. The third kappa shape index (κ3) is 7.15. The summed E-state index contributed by atoms with van der Waals surface area (Å²) in [6.45, 7) is 11.2. The van der Waals surface area contributed by atoms with E-state index in [2.05, 4.69) is 36.3 Å². The molecule has 1 saturated heterocycles. The lowest BCUT2D eigenvalue weighted by Gasteiger charge is -2.34. The summed E-state index contributed by atoms with van der Waals surface area (Å²) >= 11 is 0. The molecule has 0 spiro atoms. The Kier molecular flexibility index (Phi) is 8.14. The molecule has 1 N–H and O–H groups in total. The average molecular weight is 426 g/mol. The number of benzene rings is 2. The molecule has 0 saturated carbocycles. The lowest BCUT2D eigenvalue weighted by molar-refractivity contribution is -0.915. The molecule has 166 valence electrons. The van der Waals surface area contributed by atoms with Crippen LogP contribution in [0, 0.1) is 0 Å². The van der Waals surface area contributed by atoms with Crippen LogP contribution in [0.15, 0.2) is 58.8 Å². The number of rotatable bonds is 12. The standard InChI is InChI=1S/C24H32N4O3/c1-4-28(5-2,6-3)17-24(29)25-19-7-9-20(10-8-19)26-27-21-11-13-22(14-12-21)30-16-15-23-18-31-23/h7-14,23H,4-6,15-18H2,1-3H3/p+1. The van der Waals surface area contributed by atoms with Crippen molar-refractivity contribution in [2.24, 2.45) is 10.2 Å². The van der Waals surface area contributed by atoms with Gasteiger partial charge in [0.2, 0.25) is 0 Å². The normalized spacial score (nSPS) is 15.8. The molecule has 1 heterocycles. The highest BCUT2D eigenvalue weighted by molar-refractivity contribution is 5.91. The van der Waals surface area contributed by atoms with Gasteiger partial charge in [-0.1, -0.05) is 0 Å². The monoisotopic (exact) mass is 425 g/mol. The second kappa shape index (κ2) is 11.0. The second-order valence-electron chi connectivity index (χ2n) is 7.83. The molecular weight excluding hydrogens is 392 g/mol. The molecule has 1 fully saturated rings. The summed E-state index contributed by atoms with van der Waals surface area (Å²) in [6.07, 6.45) is 1.30. The number of hydrogen-bond donors (Lipinski definition) is 1. The van der Waals surface area contributed by atoms with Gasteiger partial charge in [0.1, 0.15) is 5.75 Å². The van der Waals surface area contributed by atoms with Gasteiger partial charge in [-0.25, -0.2) is 0 Å². The summed E-state index contributed by atoms with van der Waals surface area (Å²) < 4.78 is 11.6. The minimum absolute atomic E-state index is 0.0342. The van der Waals surface area contributed by atoms with E-state index in [1.165, 1.54) is 0 Å². The first-order valence-corrected chi connectivity index (χ1v) is 11.1. The number of carbonyl (C=O) groups is 1. The number of hydrogen-bond acceptors (Lipinski definition) is 5. The SMILES string of the molecule is CC[N+](CC)(CC)CC(=O)Nc1ccc(N=Nc2ccc(OCCC3CO3)cc2)cc1. The van der Waals surface area contributed by atoms with Crippen LogP contribution in [0.5, 0.6) is 5.75 Å². The highest BCUT2D eigenvalue weighted by atomic mass is 16.6. The number of azo groups is 1. The first kappa shape index (κ1) is 22.9. The van der Waals surface area contributed by atoms with Crippen LogP contribution in [0.2, 0.25) is 0 Å². The van der Waals surface area contributed by atoms with Gasteiger partial charge in [0.15, 0.2) is 6.54 Å². The van der Waals surface area contributed by atoms with Crippen molar-refractivity contribution in [3.8, 4) is 5.75 Å². The summed E-state index contributed by atoms with van der Waals surface area (Å²) in [7, 11) is 0. The van der Waals surface area contributed by atoms with E-state index in [4.69, 9.17) is 9.47 Å². The van der Waals surface area contributed by atoms with Gasteiger partial charge in [-0.3, -0.25) is 4.79 Å². The largest absolute Gasteiger partial charge is 0.493 e. The Morgan fingerprint density at radius 1 is 1.00 bits per heavy atom. The summed E-state index contributed by atoms with van der Waals surface area (Å²) in [5, 5.41) is 11.5. The Bertz CT molecular complexity index is 849. The number of nitrogens with one attached hydrogen (secondary N) is 1. The van der Waals surface area contributed by atoms with Crippen LogP contribution in [0.25, 0.3) is 0 Å². The molecule has 1 aliphatic heterocycles. The van der Waals surface area contributed by atoms with Gasteiger partial charge in [0.05, 0.1) is 50.3 Å². The summed E-state index contributed by atoms with van der Waals surface area (Å²) in [6, 6.07) is 14.9. The quantitative estimate of drug-likeness (QED) is 0.292. The third-order valence-corrected chi connectivity index (χ3v) is 5.87. The van der Waals surface area contributed by atoms with Crippen molar-refractivity contribution in [3.05, 3.63) is 48.5 Å². The molecule has 1 unspecified atom stereocenters. The van der Waals surface area contributed by atoms with Crippen molar-refractivity contribution in [1.82, 2.24) is 0 Å². The van der Waals surface area contributed by atoms with Crippen LogP contribution in [0.1, 0.15) is 27.2 Å². The summed E-state index contributed by atoms with van der Waals surface area (Å²) in [5.41, 5.74) is 2.25.